The Morgan fingerprint density at radius 2 is 1.20 bits per heavy atom. The number of fused-ring (bicyclic) bond motifs is 5. The van der Waals surface area contributed by atoms with Crippen LogP contribution in [0.25, 0.3) is 61.0 Å². The molecule has 0 bridgehead atoms. The van der Waals surface area contributed by atoms with Crippen LogP contribution in [0.5, 0.6) is 11.5 Å². The summed E-state index contributed by atoms with van der Waals surface area (Å²) in [5.74, 6) is 0.781. The zero-order valence-electron chi connectivity index (χ0n) is 59.8. The van der Waals surface area contributed by atoms with Gasteiger partial charge in [0.25, 0.3) is 0 Å². The third-order valence-corrected chi connectivity index (χ3v) is 15.9. The molecule has 0 atom stereocenters. The van der Waals surface area contributed by atoms with Gasteiger partial charge >= 0.3 is 0 Å². The molecule has 10 aromatic rings. The van der Waals surface area contributed by atoms with Gasteiger partial charge in [0, 0.05) is 78.0 Å². The van der Waals surface area contributed by atoms with Gasteiger partial charge in [-0.1, -0.05) is 198 Å². The van der Waals surface area contributed by atoms with Gasteiger partial charge in [-0.05, 0) is 126 Å². The fourth-order valence-corrected chi connectivity index (χ4v) is 11.2. The first-order valence-electron chi connectivity index (χ1n) is 33.3. The van der Waals surface area contributed by atoms with Gasteiger partial charge in [0.2, 0.25) is 0 Å². The second-order valence-corrected chi connectivity index (χ2v) is 25.6. The molecule has 5 nitrogen and oxygen atoms in total. The van der Waals surface area contributed by atoms with Crippen molar-refractivity contribution in [3.63, 3.8) is 0 Å². The first-order valence-corrected chi connectivity index (χ1v) is 27.3. The molecule has 0 N–H and O–H groups in total. The average Bonchev–Trinajstić information content (AvgIpc) is 1.22. The summed E-state index contributed by atoms with van der Waals surface area (Å²) < 4.78 is 118. The predicted octanol–water partition coefficient (Wildman–Crippen LogP) is 20.2. The summed E-state index contributed by atoms with van der Waals surface area (Å²) in [7, 11) is 0. The van der Waals surface area contributed by atoms with Crippen LogP contribution in [0, 0.1) is 18.8 Å². The van der Waals surface area contributed by atoms with E-state index in [2.05, 4.69) is 129 Å². The largest absolute Gasteiger partial charge is 0.509 e. The predicted molar refractivity (Wildman–Crippen MR) is 332 cm³/mol. The molecule has 0 fully saturated rings. The summed E-state index contributed by atoms with van der Waals surface area (Å²) in [4.78, 5) is 9.03. The second kappa shape index (κ2) is 20.1. The molecule has 0 amide bonds. The summed E-state index contributed by atoms with van der Waals surface area (Å²) in [6.07, 6.45) is 3.13. The Labute approximate surface area is 506 Å². The maximum atomic E-state index is 10.4. The Kier molecular flexibility index (Phi) is 10.5. The van der Waals surface area contributed by atoms with Crippen molar-refractivity contribution in [3.05, 3.63) is 222 Å². The van der Waals surface area contributed by atoms with Crippen molar-refractivity contribution in [1.29, 1.82) is 0 Å². The molecule has 2 aromatic heterocycles. The molecule has 0 unspecified atom stereocenters. The van der Waals surface area contributed by atoms with Crippen molar-refractivity contribution < 1.29 is 42.3 Å². The van der Waals surface area contributed by atoms with Gasteiger partial charge in [-0.25, -0.2) is 4.98 Å². The standard InChI is InChI=1S/C74H73N4O.Pt/c1-70(2,3)51-33-30-49(31-34-51)58-41-52(71(4,5)6)42-59(50-32-37-61-63(40-50)74(12,13)39-38-73(61,10)11)69(58)77-47-76(65-28-19-20-29-66(65)77)53-24-21-25-54(43-53)79-55-35-36-57-56-26-17-18-27-64(56)78(67(57)44-55)68-45-62(72(7,8)9)60(46-75-68)48-22-15-14-16-23-48;/h14-37,40-42,45-47H,38-39H2,1-13H3;/q-3;/i14D,15D,16D,17D,18D,22D,23D,26D,27D,32D,37D,40D;. The molecule has 6 heteroatoms. The van der Waals surface area contributed by atoms with Crippen LogP contribution in [0.3, 0.4) is 0 Å². The quantitative estimate of drug-likeness (QED) is 0.142. The number of aromatic nitrogens is 2. The SMILES string of the molecule is [2H]c1c([2H])c([2H])c(-c2cnc(-n3c4[c-]c(Oc5[c-]c(N6[CH-]N(c7c(-c8ccc(C(C)(C)C)cc8)cc(C(C)(C)C)cc7-c7c([2H])c([2H])c8c(c7[2H])C(C)(C)CCC8(C)C)c7ccccc76)ccc5)ccc4c4c([2H])c([2H])c([2H])c([2H])c43)cc2C(C)(C)C)c([2H])c1[2H].[Pt]. The van der Waals surface area contributed by atoms with Crippen molar-refractivity contribution in [1.82, 2.24) is 9.55 Å². The summed E-state index contributed by atoms with van der Waals surface area (Å²) in [6, 6.07) is 35.5. The molecule has 1 aliphatic heterocycles. The minimum atomic E-state index is -0.698. The third kappa shape index (κ3) is 9.88. The van der Waals surface area contributed by atoms with E-state index in [1.165, 1.54) is 11.8 Å². The monoisotopic (exact) mass is 1240 g/mol. The molecule has 1 aliphatic carbocycles. The number of pyridine rings is 1. The first-order chi connectivity index (χ1) is 42.5. The number of benzene rings is 8. The molecular weight excluding hydrogens is 1160 g/mol. The molecule has 3 heterocycles. The number of nitrogens with zero attached hydrogens (tertiary/aromatic N) is 4. The molecule has 8 aromatic carbocycles. The summed E-state index contributed by atoms with van der Waals surface area (Å²) in [5.41, 5.74) is 9.06. The molecule has 0 spiro atoms. The first kappa shape index (κ1) is 41.8. The van der Waals surface area contributed by atoms with E-state index in [9.17, 15) is 6.85 Å². The van der Waals surface area contributed by atoms with Crippen LogP contribution in [0.15, 0.2) is 176 Å². The van der Waals surface area contributed by atoms with E-state index >= 15 is 0 Å². The maximum absolute atomic E-state index is 10.4. The van der Waals surface area contributed by atoms with Crippen molar-refractivity contribution in [2.75, 3.05) is 9.80 Å². The van der Waals surface area contributed by atoms with Gasteiger partial charge in [-0.15, -0.1) is 48.1 Å². The fourth-order valence-electron chi connectivity index (χ4n) is 11.2. The van der Waals surface area contributed by atoms with E-state index in [1.807, 2.05) is 62.7 Å². The number of rotatable bonds is 8. The van der Waals surface area contributed by atoms with E-state index in [0.717, 1.165) is 57.7 Å². The summed E-state index contributed by atoms with van der Waals surface area (Å²) >= 11 is 0. The van der Waals surface area contributed by atoms with Crippen LogP contribution in [0.1, 0.15) is 147 Å². The van der Waals surface area contributed by atoms with E-state index < -0.39 is 46.5 Å². The molecule has 2 aliphatic rings. The zero-order chi connectivity index (χ0) is 65.8. The van der Waals surface area contributed by atoms with Crippen molar-refractivity contribution >= 4 is 44.6 Å². The van der Waals surface area contributed by atoms with Crippen LogP contribution >= 0.6 is 0 Å². The number of para-hydroxylation sites is 3. The number of hydrogen-bond donors (Lipinski definition) is 0. The molecule has 0 saturated heterocycles. The maximum Gasteiger partial charge on any atom is 0.135 e. The molecule has 0 saturated carbocycles. The number of hydrogen-bond acceptors (Lipinski definition) is 4. The minimum absolute atomic E-state index is 0. The van der Waals surface area contributed by atoms with E-state index in [-0.39, 0.29) is 102 Å². The van der Waals surface area contributed by atoms with Crippen molar-refractivity contribution in [3.8, 4) is 50.7 Å². The van der Waals surface area contributed by atoms with Crippen molar-refractivity contribution in [2.45, 2.75) is 130 Å². The molecule has 80 heavy (non-hydrogen) atoms. The van der Waals surface area contributed by atoms with Gasteiger partial charge in [-0.2, -0.15) is 12.1 Å². The molecule has 0 radical (unpaired) electrons. The Hall–Kier alpha value is -7.20. The number of anilines is 4. The van der Waals surface area contributed by atoms with Crippen LogP contribution in [0.4, 0.5) is 22.7 Å². The van der Waals surface area contributed by atoms with Crippen molar-refractivity contribution in [2.24, 2.45) is 0 Å². The normalized spacial score (nSPS) is 17.1. The molecular formula is C74H73N4OPt-3. The van der Waals surface area contributed by atoms with Crippen LogP contribution < -0.4 is 14.5 Å². The second-order valence-electron chi connectivity index (χ2n) is 25.6. The smallest absolute Gasteiger partial charge is 0.135 e. The van der Waals surface area contributed by atoms with Crippen LogP contribution in [0.2, 0.25) is 0 Å². The van der Waals surface area contributed by atoms with Crippen LogP contribution in [-0.2, 0) is 48.1 Å². The Balaban J connectivity index is 0.00000867. The van der Waals surface area contributed by atoms with Gasteiger partial charge in [0.15, 0.2) is 0 Å². The third-order valence-electron chi connectivity index (χ3n) is 15.9. The van der Waals surface area contributed by atoms with Gasteiger partial charge in [0.05, 0.1) is 16.4 Å². The number of ether oxygens (including phenoxy) is 1. The Morgan fingerprint density at radius 1 is 0.562 bits per heavy atom. The molecule has 408 valence electrons. The Morgan fingerprint density at radius 3 is 1.89 bits per heavy atom. The van der Waals surface area contributed by atoms with E-state index in [4.69, 9.17) is 19.3 Å². The summed E-state index contributed by atoms with van der Waals surface area (Å²) in [6.45, 7) is 29.5. The average molecular weight is 1240 g/mol. The topological polar surface area (TPSA) is 33.5 Å². The fraction of sp³-hybridized carbons (Fsp3) is 0.270. The summed E-state index contributed by atoms with van der Waals surface area (Å²) in [5, 5.41) is 0.679. The Bertz CT molecular complexity index is 4680. The molecule has 12 rings (SSSR count). The van der Waals surface area contributed by atoms with E-state index in [0.29, 0.717) is 44.6 Å². The van der Waals surface area contributed by atoms with Gasteiger partial charge < -0.3 is 19.1 Å². The van der Waals surface area contributed by atoms with Crippen LogP contribution in [-0.4, -0.2) is 9.55 Å². The van der Waals surface area contributed by atoms with Gasteiger partial charge in [-0.3, -0.25) is 0 Å². The van der Waals surface area contributed by atoms with E-state index in [1.54, 1.807) is 28.8 Å². The zero-order valence-corrected chi connectivity index (χ0v) is 50.1. The minimum Gasteiger partial charge on any atom is -0.509 e. The van der Waals surface area contributed by atoms with Gasteiger partial charge in [0.1, 0.15) is 5.82 Å².